The second-order valence-corrected chi connectivity index (χ2v) is 5.88. The van der Waals surface area contributed by atoms with Crippen molar-refractivity contribution in [1.82, 2.24) is 16.0 Å². The van der Waals surface area contributed by atoms with Crippen LogP contribution >= 0.6 is 12.6 Å². The Labute approximate surface area is 146 Å². The molecule has 0 rings (SSSR count). The number of rotatable bonds is 10. The highest BCUT2D eigenvalue weighted by Gasteiger charge is 2.29. The van der Waals surface area contributed by atoms with E-state index in [1.165, 1.54) is 6.92 Å². The van der Waals surface area contributed by atoms with Gasteiger partial charge in [0.1, 0.15) is 18.6 Å². The summed E-state index contributed by atoms with van der Waals surface area (Å²) in [5.41, 5.74) is 5.44. The highest BCUT2D eigenvalue weighted by Crippen LogP contribution is 2.08. The van der Waals surface area contributed by atoms with Crippen LogP contribution < -0.4 is 21.7 Å². The van der Waals surface area contributed by atoms with Crippen molar-refractivity contribution in [2.75, 3.05) is 12.3 Å². The number of carboxylic acid groups (broad SMARTS) is 1. The van der Waals surface area contributed by atoms with Gasteiger partial charge >= 0.3 is 5.97 Å². The maximum Gasteiger partial charge on any atom is 0.322 e. The zero-order valence-electron chi connectivity index (χ0n) is 14.0. The third-order valence-electron chi connectivity index (χ3n) is 3.44. The van der Waals surface area contributed by atoms with Crippen molar-refractivity contribution in [3.05, 3.63) is 0 Å². The fraction of sp³-hybridized carbons (Fsp3) is 0.714. The largest absolute Gasteiger partial charge is 0.480 e. The Hall–Kier alpha value is -1.81. The minimum atomic E-state index is -1.19. The first-order valence-corrected chi connectivity index (χ1v) is 8.23. The van der Waals surface area contributed by atoms with Crippen LogP contribution in [0.3, 0.4) is 0 Å². The van der Waals surface area contributed by atoms with Crippen LogP contribution in [0.4, 0.5) is 0 Å². The first-order chi connectivity index (χ1) is 11.1. The van der Waals surface area contributed by atoms with Crippen molar-refractivity contribution < 1.29 is 24.3 Å². The van der Waals surface area contributed by atoms with Crippen molar-refractivity contribution in [1.29, 1.82) is 0 Å². The molecule has 4 atom stereocenters. The second kappa shape index (κ2) is 10.9. The smallest absolute Gasteiger partial charge is 0.322 e. The quantitative estimate of drug-likeness (QED) is 0.260. The van der Waals surface area contributed by atoms with E-state index in [0.717, 1.165) is 0 Å². The fourth-order valence-electron chi connectivity index (χ4n) is 1.73. The average molecular weight is 362 g/mol. The standard InChI is InChI=1S/C14H26N4O5S/c1-4-7(2)11(14(23)16-5-10(19)20)18-13(22)9(6-24)17-12(21)8(3)15/h7-9,11,24H,4-6,15H2,1-3H3,(H,16,23)(H,17,21)(H,18,22)(H,19,20). The van der Waals surface area contributed by atoms with Crippen LogP contribution in [-0.4, -0.2) is 59.2 Å². The van der Waals surface area contributed by atoms with Crippen LogP contribution in [0.15, 0.2) is 0 Å². The van der Waals surface area contributed by atoms with Crippen LogP contribution in [0.25, 0.3) is 0 Å². The van der Waals surface area contributed by atoms with Crippen molar-refractivity contribution in [2.45, 2.75) is 45.3 Å². The lowest BCUT2D eigenvalue weighted by atomic mass is 9.98. The van der Waals surface area contributed by atoms with Crippen LogP contribution in [0.5, 0.6) is 0 Å². The molecular formula is C14H26N4O5S. The first-order valence-electron chi connectivity index (χ1n) is 7.60. The SMILES string of the molecule is CCC(C)C(NC(=O)C(CS)NC(=O)C(C)N)C(=O)NCC(=O)O. The van der Waals surface area contributed by atoms with E-state index < -0.39 is 48.4 Å². The molecule has 138 valence electrons. The van der Waals surface area contributed by atoms with Crippen LogP contribution in [-0.2, 0) is 19.2 Å². The lowest BCUT2D eigenvalue weighted by Gasteiger charge is -2.26. The van der Waals surface area contributed by atoms with Crippen molar-refractivity contribution >= 4 is 36.3 Å². The number of carbonyl (C=O) groups is 4. The van der Waals surface area contributed by atoms with E-state index in [4.69, 9.17) is 10.8 Å². The average Bonchev–Trinajstić information content (AvgIpc) is 2.53. The minimum absolute atomic E-state index is 0.0221. The zero-order chi connectivity index (χ0) is 18.9. The number of hydrogen-bond acceptors (Lipinski definition) is 6. The van der Waals surface area contributed by atoms with Gasteiger partial charge < -0.3 is 26.8 Å². The van der Waals surface area contributed by atoms with E-state index in [9.17, 15) is 19.2 Å². The monoisotopic (exact) mass is 362 g/mol. The zero-order valence-corrected chi connectivity index (χ0v) is 14.9. The molecule has 4 unspecified atom stereocenters. The molecule has 0 heterocycles. The molecule has 0 aliphatic carbocycles. The lowest BCUT2D eigenvalue weighted by Crippen LogP contribution is -2.57. The Bertz CT molecular complexity index is 472. The van der Waals surface area contributed by atoms with Gasteiger partial charge in [-0.2, -0.15) is 12.6 Å². The van der Waals surface area contributed by atoms with Gasteiger partial charge in [0.05, 0.1) is 6.04 Å². The summed E-state index contributed by atoms with van der Waals surface area (Å²) in [5.74, 6) is -3.10. The highest BCUT2D eigenvalue weighted by molar-refractivity contribution is 7.80. The molecule has 0 spiro atoms. The van der Waals surface area contributed by atoms with E-state index in [0.29, 0.717) is 6.42 Å². The van der Waals surface area contributed by atoms with E-state index in [1.54, 1.807) is 6.92 Å². The van der Waals surface area contributed by atoms with Gasteiger partial charge in [0.2, 0.25) is 17.7 Å². The van der Waals surface area contributed by atoms with E-state index in [-0.39, 0.29) is 11.7 Å². The van der Waals surface area contributed by atoms with Gasteiger partial charge in [-0.1, -0.05) is 20.3 Å². The molecule has 10 heteroatoms. The third-order valence-corrected chi connectivity index (χ3v) is 3.80. The van der Waals surface area contributed by atoms with Crippen molar-refractivity contribution in [3.8, 4) is 0 Å². The van der Waals surface area contributed by atoms with Crippen molar-refractivity contribution in [2.24, 2.45) is 11.7 Å². The number of thiol groups is 1. The molecule has 0 fully saturated rings. The number of nitrogens with two attached hydrogens (primary N) is 1. The van der Waals surface area contributed by atoms with Gasteiger partial charge in [0.25, 0.3) is 0 Å². The Kier molecular flexibility index (Phi) is 10.0. The number of carbonyl (C=O) groups excluding carboxylic acids is 3. The predicted octanol–water partition coefficient (Wildman–Crippen LogP) is -1.52. The second-order valence-electron chi connectivity index (χ2n) is 5.52. The predicted molar refractivity (Wildman–Crippen MR) is 91.5 cm³/mol. The molecule has 0 aliphatic heterocycles. The van der Waals surface area contributed by atoms with E-state index in [2.05, 4.69) is 28.6 Å². The first kappa shape index (κ1) is 22.2. The van der Waals surface area contributed by atoms with Gasteiger partial charge in [0, 0.05) is 5.75 Å². The highest BCUT2D eigenvalue weighted by atomic mass is 32.1. The minimum Gasteiger partial charge on any atom is -0.480 e. The topological polar surface area (TPSA) is 151 Å². The van der Waals surface area contributed by atoms with Crippen LogP contribution in [0, 0.1) is 5.92 Å². The molecule has 0 aromatic heterocycles. The summed E-state index contributed by atoms with van der Waals surface area (Å²) < 4.78 is 0. The normalized spacial score (nSPS) is 15.5. The summed E-state index contributed by atoms with van der Waals surface area (Å²) in [5, 5.41) is 15.8. The summed E-state index contributed by atoms with van der Waals surface area (Å²) in [6.45, 7) is 4.52. The maximum atomic E-state index is 12.3. The molecule has 0 saturated heterocycles. The molecule has 0 aromatic rings. The molecule has 6 N–H and O–H groups in total. The number of nitrogens with one attached hydrogen (secondary N) is 3. The molecule has 9 nitrogen and oxygen atoms in total. The van der Waals surface area contributed by atoms with Crippen LogP contribution in [0.2, 0.25) is 0 Å². The molecule has 0 aromatic carbocycles. The number of amides is 3. The summed E-state index contributed by atoms with van der Waals surface area (Å²) in [6, 6.07) is -2.66. The molecule has 0 bridgehead atoms. The third kappa shape index (κ3) is 7.64. The summed E-state index contributed by atoms with van der Waals surface area (Å²) in [6.07, 6.45) is 0.586. The summed E-state index contributed by atoms with van der Waals surface area (Å²) in [4.78, 5) is 46.6. The Morgan fingerprint density at radius 2 is 1.67 bits per heavy atom. The van der Waals surface area contributed by atoms with Gasteiger partial charge in [-0.3, -0.25) is 19.2 Å². The molecular weight excluding hydrogens is 336 g/mol. The lowest BCUT2D eigenvalue weighted by molar-refractivity contribution is -0.139. The molecule has 0 radical (unpaired) electrons. The van der Waals surface area contributed by atoms with Crippen LogP contribution in [0.1, 0.15) is 27.2 Å². The maximum absolute atomic E-state index is 12.3. The summed E-state index contributed by atoms with van der Waals surface area (Å²) in [7, 11) is 0. The molecule has 0 aliphatic rings. The number of hydrogen-bond donors (Lipinski definition) is 6. The van der Waals surface area contributed by atoms with Gasteiger partial charge in [-0.25, -0.2) is 0 Å². The Morgan fingerprint density at radius 3 is 2.08 bits per heavy atom. The van der Waals surface area contributed by atoms with Gasteiger partial charge in [-0.05, 0) is 12.8 Å². The van der Waals surface area contributed by atoms with Gasteiger partial charge in [0.15, 0.2) is 0 Å². The Morgan fingerprint density at radius 1 is 1.08 bits per heavy atom. The summed E-state index contributed by atoms with van der Waals surface area (Å²) >= 11 is 4.02. The molecule has 24 heavy (non-hydrogen) atoms. The molecule has 3 amide bonds. The van der Waals surface area contributed by atoms with Gasteiger partial charge in [-0.15, -0.1) is 0 Å². The molecule has 0 saturated carbocycles. The van der Waals surface area contributed by atoms with E-state index >= 15 is 0 Å². The number of carboxylic acids is 1. The van der Waals surface area contributed by atoms with E-state index in [1.807, 2.05) is 6.92 Å². The van der Waals surface area contributed by atoms with Crippen molar-refractivity contribution in [3.63, 3.8) is 0 Å². The Balaban J connectivity index is 4.98. The fourth-order valence-corrected chi connectivity index (χ4v) is 1.98. The number of aliphatic carboxylic acids is 1.